The van der Waals surface area contributed by atoms with Crippen molar-refractivity contribution in [1.82, 2.24) is 4.72 Å². The second-order valence-electron chi connectivity index (χ2n) is 7.08. The van der Waals surface area contributed by atoms with Crippen molar-refractivity contribution in [2.45, 2.75) is 4.90 Å². The van der Waals surface area contributed by atoms with E-state index >= 15 is 0 Å². The number of hydrogen-bond acceptors (Lipinski definition) is 7. The van der Waals surface area contributed by atoms with Crippen molar-refractivity contribution in [2.75, 3.05) is 32.0 Å². The average Bonchev–Trinajstić information content (AvgIpc) is 2.85. The second kappa shape index (κ2) is 11.4. The number of amides is 3. The van der Waals surface area contributed by atoms with Crippen LogP contribution >= 0.6 is 23.2 Å². The molecular formula is C23H21Cl2N3O7S. The summed E-state index contributed by atoms with van der Waals surface area (Å²) in [6.07, 6.45) is 0. The number of halogens is 2. The molecule has 0 bridgehead atoms. The summed E-state index contributed by atoms with van der Waals surface area (Å²) < 4.78 is 43.6. The monoisotopic (exact) mass is 553 g/mol. The first-order chi connectivity index (χ1) is 17.1. The van der Waals surface area contributed by atoms with Gasteiger partial charge in [0.1, 0.15) is 17.2 Å². The molecule has 0 aliphatic heterocycles. The molecule has 3 N–H and O–H groups in total. The minimum absolute atomic E-state index is 0.0302. The summed E-state index contributed by atoms with van der Waals surface area (Å²) in [5.41, 5.74) is 0.596. The van der Waals surface area contributed by atoms with E-state index in [-0.39, 0.29) is 32.7 Å². The zero-order valence-electron chi connectivity index (χ0n) is 19.2. The number of carbonyl (C=O) groups excluding carboxylic acids is 2. The van der Waals surface area contributed by atoms with E-state index in [0.29, 0.717) is 16.5 Å². The highest BCUT2D eigenvalue weighted by molar-refractivity contribution is 7.90. The topological polar surface area (TPSA) is 132 Å². The predicted molar refractivity (Wildman–Crippen MR) is 136 cm³/mol. The molecule has 0 aromatic heterocycles. The van der Waals surface area contributed by atoms with Gasteiger partial charge >= 0.3 is 6.03 Å². The maximum Gasteiger partial charge on any atom is 0.323 e. The summed E-state index contributed by atoms with van der Waals surface area (Å²) in [7, 11) is -0.489. The fourth-order valence-electron chi connectivity index (χ4n) is 3.08. The van der Waals surface area contributed by atoms with E-state index in [9.17, 15) is 18.0 Å². The van der Waals surface area contributed by atoms with Gasteiger partial charge < -0.3 is 24.8 Å². The van der Waals surface area contributed by atoms with Crippen molar-refractivity contribution in [2.24, 2.45) is 0 Å². The first kappa shape index (κ1) is 26.9. The Morgan fingerprint density at radius 3 is 1.94 bits per heavy atom. The highest BCUT2D eigenvalue weighted by Gasteiger charge is 2.28. The van der Waals surface area contributed by atoms with Gasteiger partial charge in [0.15, 0.2) is 4.90 Å². The van der Waals surface area contributed by atoms with E-state index in [1.807, 2.05) is 4.72 Å². The fourth-order valence-corrected chi connectivity index (χ4v) is 4.65. The molecule has 0 aliphatic carbocycles. The molecule has 36 heavy (non-hydrogen) atoms. The number of hydrogen-bond donors (Lipinski definition) is 3. The number of carbonyl (C=O) groups is 2. The molecule has 0 unspecified atom stereocenters. The third-order valence-electron chi connectivity index (χ3n) is 4.73. The Bertz CT molecular complexity index is 1390. The number of methoxy groups -OCH3 is 3. The van der Waals surface area contributed by atoms with Crippen LogP contribution in [0.5, 0.6) is 17.2 Å². The first-order valence-electron chi connectivity index (χ1n) is 10.1. The van der Waals surface area contributed by atoms with Gasteiger partial charge in [0.2, 0.25) is 0 Å². The first-order valence-corrected chi connectivity index (χ1v) is 12.3. The lowest BCUT2D eigenvalue weighted by molar-refractivity contribution is 0.0981. The molecule has 3 amide bonds. The summed E-state index contributed by atoms with van der Waals surface area (Å²) in [6, 6.07) is 12.3. The Morgan fingerprint density at radius 2 is 1.39 bits per heavy atom. The average molecular weight is 554 g/mol. The van der Waals surface area contributed by atoms with E-state index in [4.69, 9.17) is 37.4 Å². The minimum atomic E-state index is -4.43. The van der Waals surface area contributed by atoms with Crippen LogP contribution < -0.4 is 29.6 Å². The molecule has 3 aromatic rings. The molecule has 13 heteroatoms. The number of anilines is 2. The maximum absolute atomic E-state index is 13.1. The maximum atomic E-state index is 13.1. The number of urea groups is 1. The van der Waals surface area contributed by atoms with E-state index in [2.05, 4.69) is 10.6 Å². The second-order valence-corrected chi connectivity index (χ2v) is 9.52. The predicted octanol–water partition coefficient (Wildman–Crippen LogP) is 4.78. The molecule has 3 rings (SSSR count). The number of ether oxygens (including phenoxy) is 3. The Kier molecular flexibility index (Phi) is 8.51. The molecular weight excluding hydrogens is 533 g/mol. The van der Waals surface area contributed by atoms with Crippen LogP contribution in [0.15, 0.2) is 59.5 Å². The molecule has 0 spiro atoms. The number of sulfonamides is 1. The summed E-state index contributed by atoms with van der Waals surface area (Å²) in [5.74, 6) is -0.808. The van der Waals surface area contributed by atoms with Crippen LogP contribution in [0.1, 0.15) is 10.4 Å². The molecule has 0 heterocycles. The Balaban J connectivity index is 1.79. The largest absolute Gasteiger partial charge is 0.496 e. The Morgan fingerprint density at radius 1 is 0.778 bits per heavy atom. The summed E-state index contributed by atoms with van der Waals surface area (Å²) in [6.45, 7) is 0. The van der Waals surface area contributed by atoms with Gasteiger partial charge in [0, 0.05) is 29.1 Å². The standard InChI is InChI=1S/C23H21Cl2N3O7S/c1-33-16-11-19(34-2)21(20(12-16)35-3)36(31,32)28-22(29)13-5-4-6-14(9-13)26-23(30)27-15-7-8-17(24)18(25)10-15/h4-12H,1-3H3,(H,28,29)(H2,26,27,30). The molecule has 0 atom stereocenters. The molecule has 0 aliphatic rings. The number of rotatable bonds is 8. The third-order valence-corrected chi connectivity index (χ3v) is 6.86. The Hall–Kier alpha value is -3.67. The lowest BCUT2D eigenvalue weighted by Gasteiger charge is -2.16. The van der Waals surface area contributed by atoms with Gasteiger partial charge in [-0.1, -0.05) is 29.3 Å². The van der Waals surface area contributed by atoms with Gasteiger partial charge in [0.25, 0.3) is 15.9 Å². The third kappa shape index (κ3) is 6.30. The van der Waals surface area contributed by atoms with Gasteiger partial charge in [-0.25, -0.2) is 17.9 Å². The van der Waals surface area contributed by atoms with Gasteiger partial charge in [-0.3, -0.25) is 4.79 Å². The van der Waals surface area contributed by atoms with Crippen LogP contribution in [0.2, 0.25) is 10.0 Å². The number of nitrogens with one attached hydrogen (secondary N) is 3. The normalized spacial score (nSPS) is 10.8. The molecule has 10 nitrogen and oxygen atoms in total. The van der Waals surface area contributed by atoms with Crippen molar-refractivity contribution < 1.29 is 32.2 Å². The van der Waals surface area contributed by atoms with Gasteiger partial charge in [0.05, 0.1) is 31.4 Å². The van der Waals surface area contributed by atoms with Crippen LogP contribution in [-0.2, 0) is 10.0 Å². The van der Waals surface area contributed by atoms with Crippen LogP contribution in [-0.4, -0.2) is 41.7 Å². The van der Waals surface area contributed by atoms with E-state index in [1.165, 1.54) is 69.9 Å². The summed E-state index contributed by atoms with van der Waals surface area (Å²) >= 11 is 11.8. The quantitative estimate of drug-likeness (QED) is 0.365. The van der Waals surface area contributed by atoms with Crippen LogP contribution in [0.25, 0.3) is 0 Å². The van der Waals surface area contributed by atoms with Crippen molar-refractivity contribution >= 4 is 56.5 Å². The molecule has 0 saturated carbocycles. The lowest BCUT2D eigenvalue weighted by Crippen LogP contribution is -2.31. The van der Waals surface area contributed by atoms with Gasteiger partial charge in [-0.2, -0.15) is 0 Å². The highest BCUT2D eigenvalue weighted by Crippen LogP contribution is 2.37. The number of benzene rings is 3. The minimum Gasteiger partial charge on any atom is -0.496 e. The zero-order valence-corrected chi connectivity index (χ0v) is 21.5. The van der Waals surface area contributed by atoms with Crippen molar-refractivity contribution in [1.29, 1.82) is 0 Å². The van der Waals surface area contributed by atoms with Crippen molar-refractivity contribution in [3.05, 3.63) is 70.2 Å². The lowest BCUT2D eigenvalue weighted by atomic mass is 10.2. The van der Waals surface area contributed by atoms with Crippen molar-refractivity contribution in [3.63, 3.8) is 0 Å². The fraction of sp³-hybridized carbons (Fsp3) is 0.130. The van der Waals surface area contributed by atoms with Gasteiger partial charge in [-0.15, -0.1) is 0 Å². The highest BCUT2D eigenvalue weighted by atomic mass is 35.5. The molecule has 0 radical (unpaired) electrons. The summed E-state index contributed by atoms with van der Waals surface area (Å²) in [5, 5.41) is 5.73. The molecule has 3 aromatic carbocycles. The van der Waals surface area contributed by atoms with Gasteiger partial charge in [-0.05, 0) is 36.4 Å². The van der Waals surface area contributed by atoms with Crippen LogP contribution in [0, 0.1) is 0 Å². The smallest absolute Gasteiger partial charge is 0.323 e. The van der Waals surface area contributed by atoms with Crippen LogP contribution in [0.3, 0.4) is 0 Å². The Labute approximate surface area is 217 Å². The van der Waals surface area contributed by atoms with Crippen LogP contribution in [0.4, 0.5) is 16.2 Å². The molecule has 0 fully saturated rings. The van der Waals surface area contributed by atoms with E-state index < -0.39 is 22.0 Å². The van der Waals surface area contributed by atoms with E-state index in [1.54, 1.807) is 6.07 Å². The van der Waals surface area contributed by atoms with E-state index in [0.717, 1.165) is 0 Å². The molecule has 0 saturated heterocycles. The molecule has 190 valence electrons. The van der Waals surface area contributed by atoms with Crippen molar-refractivity contribution in [3.8, 4) is 17.2 Å². The SMILES string of the molecule is COc1cc(OC)c(S(=O)(=O)NC(=O)c2cccc(NC(=O)Nc3ccc(Cl)c(Cl)c3)c2)c(OC)c1. The zero-order chi connectivity index (χ0) is 26.5. The summed E-state index contributed by atoms with van der Waals surface area (Å²) in [4.78, 5) is 24.8.